The highest BCUT2D eigenvalue weighted by Gasteiger charge is 2.31. The van der Waals surface area contributed by atoms with Crippen molar-refractivity contribution in [3.63, 3.8) is 0 Å². The molecule has 1 fully saturated rings. The van der Waals surface area contributed by atoms with Crippen LogP contribution in [0.3, 0.4) is 0 Å². The lowest BCUT2D eigenvalue weighted by Gasteiger charge is -2.40. The van der Waals surface area contributed by atoms with Gasteiger partial charge in [0.25, 0.3) is 5.91 Å². The van der Waals surface area contributed by atoms with Gasteiger partial charge in [-0.05, 0) is 32.0 Å². The quantitative estimate of drug-likeness (QED) is 0.840. The van der Waals surface area contributed by atoms with Gasteiger partial charge in [0.1, 0.15) is 5.54 Å². The van der Waals surface area contributed by atoms with E-state index in [0.717, 1.165) is 0 Å². The topological polar surface area (TPSA) is 47.3 Å². The summed E-state index contributed by atoms with van der Waals surface area (Å²) in [6.45, 7) is 6.51. The van der Waals surface area contributed by atoms with Crippen LogP contribution in [0.5, 0.6) is 0 Å². The molecule has 0 aromatic heterocycles. The molecule has 1 aliphatic rings. The predicted octanol–water partition coefficient (Wildman–Crippen LogP) is 2.40. The molecule has 0 atom stereocenters. The summed E-state index contributed by atoms with van der Waals surface area (Å²) in [7, 11) is 0. The third kappa shape index (κ3) is 3.12. The van der Waals surface area contributed by atoms with Crippen LogP contribution in [0, 0.1) is 11.3 Å². The van der Waals surface area contributed by atoms with Crippen LogP contribution in [0.4, 0.5) is 0 Å². The second-order valence-corrected chi connectivity index (χ2v) is 5.90. The van der Waals surface area contributed by atoms with E-state index in [4.69, 9.17) is 16.9 Å². The molecule has 0 aliphatic carbocycles. The summed E-state index contributed by atoms with van der Waals surface area (Å²) in [5, 5.41) is 9.71. The molecular formula is C15H18ClN3O. The minimum Gasteiger partial charge on any atom is -0.336 e. The van der Waals surface area contributed by atoms with Crippen molar-refractivity contribution in [2.45, 2.75) is 19.4 Å². The highest BCUT2D eigenvalue weighted by atomic mass is 35.5. The number of halogens is 1. The third-order valence-corrected chi connectivity index (χ3v) is 3.94. The molecule has 4 nitrogen and oxygen atoms in total. The van der Waals surface area contributed by atoms with E-state index in [-0.39, 0.29) is 5.91 Å². The monoisotopic (exact) mass is 291 g/mol. The van der Waals surface area contributed by atoms with Gasteiger partial charge < -0.3 is 4.90 Å². The number of nitriles is 1. The van der Waals surface area contributed by atoms with E-state index in [1.165, 1.54) is 0 Å². The number of benzene rings is 1. The Morgan fingerprint density at radius 3 is 2.50 bits per heavy atom. The largest absolute Gasteiger partial charge is 0.336 e. The average Bonchev–Trinajstić information content (AvgIpc) is 2.46. The SMILES string of the molecule is CC(C)(C#N)N1CCN(C(=O)c2cccc(Cl)c2)CC1. The Morgan fingerprint density at radius 2 is 1.95 bits per heavy atom. The molecule has 1 amide bonds. The van der Waals surface area contributed by atoms with Crippen molar-refractivity contribution in [2.75, 3.05) is 26.2 Å². The molecule has 1 aromatic carbocycles. The highest BCUT2D eigenvalue weighted by molar-refractivity contribution is 6.30. The Balaban J connectivity index is 2.01. The molecule has 0 radical (unpaired) electrons. The van der Waals surface area contributed by atoms with Gasteiger partial charge in [0.05, 0.1) is 6.07 Å². The summed E-state index contributed by atoms with van der Waals surface area (Å²) in [4.78, 5) is 16.3. The Morgan fingerprint density at radius 1 is 1.30 bits per heavy atom. The second-order valence-electron chi connectivity index (χ2n) is 5.46. The lowest BCUT2D eigenvalue weighted by molar-refractivity contribution is 0.0521. The van der Waals surface area contributed by atoms with Crippen LogP contribution in [0.15, 0.2) is 24.3 Å². The first-order valence-electron chi connectivity index (χ1n) is 6.65. The molecule has 1 aromatic rings. The fraction of sp³-hybridized carbons (Fsp3) is 0.467. The maximum absolute atomic E-state index is 12.4. The molecule has 106 valence electrons. The van der Waals surface area contributed by atoms with Crippen LogP contribution < -0.4 is 0 Å². The predicted molar refractivity (Wildman–Crippen MR) is 78.6 cm³/mol. The number of hydrogen-bond donors (Lipinski definition) is 0. The summed E-state index contributed by atoms with van der Waals surface area (Å²) in [5.74, 6) is 0.00177. The molecule has 20 heavy (non-hydrogen) atoms. The summed E-state index contributed by atoms with van der Waals surface area (Å²) < 4.78 is 0. The van der Waals surface area contributed by atoms with Crippen molar-refractivity contribution in [1.82, 2.24) is 9.80 Å². The molecule has 5 heteroatoms. The molecule has 0 N–H and O–H groups in total. The van der Waals surface area contributed by atoms with Crippen LogP contribution in [-0.4, -0.2) is 47.4 Å². The molecule has 1 aliphatic heterocycles. The number of carbonyl (C=O) groups excluding carboxylic acids is 1. The average molecular weight is 292 g/mol. The molecule has 2 rings (SSSR count). The molecule has 0 bridgehead atoms. The van der Waals surface area contributed by atoms with Gasteiger partial charge in [-0.1, -0.05) is 17.7 Å². The van der Waals surface area contributed by atoms with Gasteiger partial charge >= 0.3 is 0 Å². The summed E-state index contributed by atoms with van der Waals surface area (Å²) in [5.41, 5.74) is 0.135. The minimum absolute atomic E-state index is 0.00177. The van der Waals surface area contributed by atoms with E-state index in [1.807, 2.05) is 18.7 Å². The first kappa shape index (κ1) is 14.8. The van der Waals surface area contributed by atoms with Crippen LogP contribution in [0.1, 0.15) is 24.2 Å². The number of carbonyl (C=O) groups is 1. The van der Waals surface area contributed by atoms with Crippen molar-refractivity contribution < 1.29 is 4.79 Å². The van der Waals surface area contributed by atoms with Crippen LogP contribution in [0.25, 0.3) is 0 Å². The summed E-state index contributed by atoms with van der Waals surface area (Å²) >= 11 is 5.91. The van der Waals surface area contributed by atoms with Crippen LogP contribution in [0.2, 0.25) is 5.02 Å². The van der Waals surface area contributed by atoms with Gasteiger partial charge in [0.15, 0.2) is 0 Å². The summed E-state index contributed by atoms with van der Waals surface area (Å²) in [6.07, 6.45) is 0. The fourth-order valence-corrected chi connectivity index (χ4v) is 2.53. The first-order chi connectivity index (χ1) is 9.44. The van der Waals surface area contributed by atoms with E-state index >= 15 is 0 Å². The van der Waals surface area contributed by atoms with Crippen LogP contribution in [-0.2, 0) is 0 Å². The number of amides is 1. The van der Waals surface area contributed by atoms with Crippen molar-refractivity contribution in [3.8, 4) is 6.07 Å². The van der Waals surface area contributed by atoms with E-state index in [2.05, 4.69) is 11.0 Å². The molecule has 1 heterocycles. The number of nitrogens with zero attached hydrogens (tertiary/aromatic N) is 3. The molecule has 0 unspecified atom stereocenters. The molecule has 1 saturated heterocycles. The van der Waals surface area contributed by atoms with E-state index in [0.29, 0.717) is 36.8 Å². The Kier molecular flexibility index (Phi) is 4.32. The van der Waals surface area contributed by atoms with Gasteiger partial charge in [-0.3, -0.25) is 9.69 Å². The van der Waals surface area contributed by atoms with Gasteiger partial charge in [0.2, 0.25) is 0 Å². The normalized spacial score (nSPS) is 16.8. The zero-order valence-corrected chi connectivity index (χ0v) is 12.5. The zero-order chi connectivity index (χ0) is 14.8. The standard InChI is InChI=1S/C15H18ClN3O/c1-15(2,11-17)19-8-6-18(7-9-19)14(20)12-4-3-5-13(16)10-12/h3-5,10H,6-9H2,1-2H3. The number of piperazine rings is 1. The highest BCUT2D eigenvalue weighted by Crippen LogP contribution is 2.18. The van der Waals surface area contributed by atoms with Gasteiger partial charge in [0, 0.05) is 36.8 Å². The number of rotatable bonds is 2. The smallest absolute Gasteiger partial charge is 0.253 e. The van der Waals surface area contributed by atoms with Crippen molar-refractivity contribution in [3.05, 3.63) is 34.9 Å². The maximum Gasteiger partial charge on any atom is 0.253 e. The van der Waals surface area contributed by atoms with Gasteiger partial charge in [-0.25, -0.2) is 0 Å². The summed E-state index contributed by atoms with van der Waals surface area (Å²) in [6, 6.07) is 9.30. The van der Waals surface area contributed by atoms with Gasteiger partial charge in [-0.15, -0.1) is 0 Å². The molecule has 0 saturated carbocycles. The van der Waals surface area contributed by atoms with Crippen LogP contribution >= 0.6 is 11.6 Å². The van der Waals surface area contributed by atoms with Crippen molar-refractivity contribution in [2.24, 2.45) is 0 Å². The Bertz CT molecular complexity index is 542. The third-order valence-electron chi connectivity index (χ3n) is 3.70. The molecular weight excluding hydrogens is 274 g/mol. The van der Waals surface area contributed by atoms with Crippen molar-refractivity contribution >= 4 is 17.5 Å². The Hall–Kier alpha value is -1.57. The number of hydrogen-bond acceptors (Lipinski definition) is 3. The van der Waals surface area contributed by atoms with E-state index in [1.54, 1.807) is 24.3 Å². The second kappa shape index (κ2) is 5.82. The van der Waals surface area contributed by atoms with E-state index < -0.39 is 5.54 Å². The molecule has 0 spiro atoms. The van der Waals surface area contributed by atoms with Crippen molar-refractivity contribution in [1.29, 1.82) is 5.26 Å². The lowest BCUT2D eigenvalue weighted by atomic mass is 10.0. The Labute approximate surface area is 124 Å². The van der Waals surface area contributed by atoms with E-state index in [9.17, 15) is 4.79 Å². The maximum atomic E-state index is 12.4. The van der Waals surface area contributed by atoms with Gasteiger partial charge in [-0.2, -0.15) is 5.26 Å². The zero-order valence-electron chi connectivity index (χ0n) is 11.8. The fourth-order valence-electron chi connectivity index (χ4n) is 2.34. The first-order valence-corrected chi connectivity index (χ1v) is 7.03. The minimum atomic E-state index is -0.481. The lowest BCUT2D eigenvalue weighted by Crippen LogP contribution is -2.55.